The van der Waals surface area contributed by atoms with Crippen LogP contribution >= 0.6 is 11.3 Å². The predicted molar refractivity (Wildman–Crippen MR) is 129 cm³/mol. The Morgan fingerprint density at radius 1 is 1.12 bits per heavy atom. The minimum Gasteiger partial charge on any atom is -0.481 e. The van der Waals surface area contributed by atoms with E-state index in [9.17, 15) is 14.4 Å². The number of carboxylic acid groups (broad SMARTS) is 1. The van der Waals surface area contributed by atoms with Crippen LogP contribution in [0.15, 0.2) is 18.2 Å². The lowest BCUT2D eigenvalue weighted by Gasteiger charge is -2.33. The molecule has 3 N–H and O–H groups in total. The van der Waals surface area contributed by atoms with Gasteiger partial charge in [-0.25, -0.2) is 0 Å². The van der Waals surface area contributed by atoms with Gasteiger partial charge in [-0.3, -0.25) is 14.4 Å². The topological polar surface area (TPSA) is 95.5 Å². The summed E-state index contributed by atoms with van der Waals surface area (Å²) in [4.78, 5) is 37.7. The van der Waals surface area contributed by atoms with Crippen molar-refractivity contribution in [2.75, 3.05) is 10.6 Å². The number of amides is 2. The molecule has 2 amide bonds. The molecule has 1 heterocycles. The number of benzene rings is 1. The summed E-state index contributed by atoms with van der Waals surface area (Å²) in [5.74, 6) is -1.15. The lowest BCUT2D eigenvalue weighted by molar-refractivity contribution is -0.138. The van der Waals surface area contributed by atoms with Gasteiger partial charge in [0.2, 0.25) is 5.91 Å². The Morgan fingerprint density at radius 2 is 1.84 bits per heavy atom. The smallest absolute Gasteiger partial charge is 0.303 e. The van der Waals surface area contributed by atoms with E-state index < -0.39 is 5.97 Å². The second-order valence-electron chi connectivity index (χ2n) is 9.73. The fourth-order valence-corrected chi connectivity index (χ4v) is 5.54. The summed E-state index contributed by atoms with van der Waals surface area (Å²) in [7, 11) is 0. The highest BCUT2D eigenvalue weighted by atomic mass is 32.1. The van der Waals surface area contributed by atoms with Crippen LogP contribution in [0.25, 0.3) is 0 Å². The Kier molecular flexibility index (Phi) is 7.08. The second kappa shape index (κ2) is 9.45. The molecule has 0 radical (unpaired) electrons. The first kappa shape index (κ1) is 24.0. The zero-order valence-electron chi connectivity index (χ0n) is 19.4. The molecular formula is C25H32N2O4S. The number of hydrogen-bond donors (Lipinski definition) is 3. The zero-order chi connectivity index (χ0) is 23.6. The van der Waals surface area contributed by atoms with Crippen molar-refractivity contribution in [3.63, 3.8) is 0 Å². The molecule has 6 nitrogen and oxygen atoms in total. The minimum atomic E-state index is -1.02. The van der Waals surface area contributed by atoms with Crippen LogP contribution in [0.2, 0.25) is 0 Å². The number of carbonyl (C=O) groups excluding carboxylic acids is 2. The molecule has 0 spiro atoms. The summed E-state index contributed by atoms with van der Waals surface area (Å²) in [6.45, 7) is 10.7. The van der Waals surface area contributed by atoms with Crippen LogP contribution in [-0.4, -0.2) is 22.9 Å². The number of aliphatic carboxylic acids is 1. The highest BCUT2D eigenvalue weighted by Gasteiger charge is 2.34. The maximum atomic E-state index is 13.4. The summed E-state index contributed by atoms with van der Waals surface area (Å²) in [5.41, 5.74) is 4.52. The number of hydrogen-bond acceptors (Lipinski definition) is 4. The molecule has 3 rings (SSSR count). The average Bonchev–Trinajstić information content (AvgIpc) is 3.04. The Labute approximate surface area is 193 Å². The summed E-state index contributed by atoms with van der Waals surface area (Å²) >= 11 is 1.45. The lowest BCUT2D eigenvalue weighted by Crippen LogP contribution is -2.27. The van der Waals surface area contributed by atoms with Gasteiger partial charge in [0.15, 0.2) is 0 Å². The Bertz CT molecular complexity index is 1050. The van der Waals surface area contributed by atoms with Gasteiger partial charge in [0.1, 0.15) is 5.00 Å². The van der Waals surface area contributed by atoms with E-state index in [1.807, 2.05) is 32.0 Å². The van der Waals surface area contributed by atoms with Crippen molar-refractivity contribution in [2.24, 2.45) is 11.3 Å². The molecule has 0 fully saturated rings. The molecule has 172 valence electrons. The highest BCUT2D eigenvalue weighted by molar-refractivity contribution is 7.17. The summed E-state index contributed by atoms with van der Waals surface area (Å²) < 4.78 is 0. The predicted octanol–water partition coefficient (Wildman–Crippen LogP) is 5.57. The van der Waals surface area contributed by atoms with Gasteiger partial charge in [0, 0.05) is 17.0 Å². The number of rotatable bonds is 6. The van der Waals surface area contributed by atoms with E-state index in [1.165, 1.54) is 11.3 Å². The molecular weight excluding hydrogens is 424 g/mol. The van der Waals surface area contributed by atoms with Gasteiger partial charge in [-0.1, -0.05) is 38.5 Å². The van der Waals surface area contributed by atoms with Crippen LogP contribution < -0.4 is 10.6 Å². The van der Waals surface area contributed by atoms with E-state index in [2.05, 4.69) is 31.4 Å². The first-order valence-corrected chi connectivity index (χ1v) is 11.8. The minimum absolute atomic E-state index is 0.124. The Balaban J connectivity index is 1.93. The zero-order valence-corrected chi connectivity index (χ0v) is 20.2. The van der Waals surface area contributed by atoms with E-state index in [-0.39, 0.29) is 30.1 Å². The van der Waals surface area contributed by atoms with Gasteiger partial charge >= 0.3 is 5.97 Å². The number of fused-ring (bicyclic) bond motifs is 1. The van der Waals surface area contributed by atoms with Crippen molar-refractivity contribution in [1.82, 2.24) is 0 Å². The van der Waals surface area contributed by atoms with Crippen molar-refractivity contribution in [3.8, 4) is 0 Å². The number of carboxylic acids is 1. The number of anilines is 2. The molecule has 1 aliphatic rings. The monoisotopic (exact) mass is 456 g/mol. The van der Waals surface area contributed by atoms with Crippen molar-refractivity contribution >= 4 is 39.8 Å². The first-order valence-electron chi connectivity index (χ1n) is 11.0. The van der Waals surface area contributed by atoms with Gasteiger partial charge in [-0.2, -0.15) is 0 Å². The number of aryl methyl sites for hydroxylation is 2. The molecule has 32 heavy (non-hydrogen) atoms. The SMILES string of the molecule is Cc1ccc(NC(=O)c2c(NC(=O)CCC(=O)O)sc3c2CC[C@@H](C(C)(C)C)C3)c(C)c1. The van der Waals surface area contributed by atoms with Crippen molar-refractivity contribution in [3.05, 3.63) is 45.3 Å². The molecule has 0 saturated carbocycles. The van der Waals surface area contributed by atoms with Gasteiger partial charge in [0.05, 0.1) is 12.0 Å². The molecule has 1 aliphatic carbocycles. The maximum absolute atomic E-state index is 13.4. The standard InChI is InChI=1S/C25H32N2O4S/c1-14-6-9-18(15(2)12-14)26-23(31)22-17-8-7-16(25(3,4)5)13-19(17)32-24(22)27-20(28)10-11-21(29)30/h6,9,12,16H,7-8,10-11,13H2,1-5H3,(H,26,31)(H,27,28)(H,29,30)/t16-/m1/s1. The Hall–Kier alpha value is -2.67. The van der Waals surface area contributed by atoms with Gasteiger partial charge < -0.3 is 15.7 Å². The number of carbonyl (C=O) groups is 3. The molecule has 2 aromatic rings. The maximum Gasteiger partial charge on any atom is 0.303 e. The van der Waals surface area contributed by atoms with Crippen LogP contribution in [0.1, 0.15) is 72.0 Å². The van der Waals surface area contributed by atoms with Crippen LogP contribution in [0, 0.1) is 25.2 Å². The van der Waals surface area contributed by atoms with E-state index in [1.54, 1.807) is 0 Å². The molecule has 0 unspecified atom stereocenters. The van der Waals surface area contributed by atoms with Crippen LogP contribution in [-0.2, 0) is 22.4 Å². The van der Waals surface area contributed by atoms with E-state index in [0.717, 1.165) is 46.5 Å². The molecule has 0 saturated heterocycles. The first-order chi connectivity index (χ1) is 15.0. The average molecular weight is 457 g/mol. The van der Waals surface area contributed by atoms with Gasteiger partial charge in [0.25, 0.3) is 5.91 Å². The van der Waals surface area contributed by atoms with Crippen molar-refractivity contribution < 1.29 is 19.5 Å². The molecule has 0 bridgehead atoms. The van der Waals surface area contributed by atoms with Crippen LogP contribution in [0.4, 0.5) is 10.7 Å². The summed E-state index contributed by atoms with van der Waals surface area (Å²) in [5, 5.41) is 15.2. The Morgan fingerprint density at radius 3 is 2.47 bits per heavy atom. The largest absolute Gasteiger partial charge is 0.481 e. The fraction of sp³-hybridized carbons (Fsp3) is 0.480. The third-order valence-corrected chi connectivity index (χ3v) is 7.34. The molecule has 1 atom stereocenters. The lowest BCUT2D eigenvalue weighted by atomic mass is 9.72. The molecule has 1 aromatic heterocycles. The van der Waals surface area contributed by atoms with E-state index in [0.29, 0.717) is 16.5 Å². The quantitative estimate of drug-likeness (QED) is 0.529. The number of nitrogens with one attached hydrogen (secondary N) is 2. The van der Waals surface area contributed by atoms with Crippen LogP contribution in [0.5, 0.6) is 0 Å². The second-order valence-corrected chi connectivity index (χ2v) is 10.8. The molecule has 7 heteroatoms. The van der Waals surface area contributed by atoms with E-state index >= 15 is 0 Å². The summed E-state index contributed by atoms with van der Waals surface area (Å²) in [6.07, 6.45) is 2.28. The highest BCUT2D eigenvalue weighted by Crippen LogP contribution is 2.44. The summed E-state index contributed by atoms with van der Waals surface area (Å²) in [6, 6.07) is 5.86. The van der Waals surface area contributed by atoms with Crippen LogP contribution in [0.3, 0.4) is 0 Å². The molecule has 1 aromatic carbocycles. The third kappa shape index (κ3) is 5.57. The van der Waals surface area contributed by atoms with Gasteiger partial charge in [-0.15, -0.1) is 11.3 Å². The molecule has 0 aliphatic heterocycles. The van der Waals surface area contributed by atoms with Crippen molar-refractivity contribution in [1.29, 1.82) is 0 Å². The number of thiophene rings is 1. The normalized spacial score (nSPS) is 15.7. The van der Waals surface area contributed by atoms with E-state index in [4.69, 9.17) is 5.11 Å². The third-order valence-electron chi connectivity index (χ3n) is 6.17. The fourth-order valence-electron chi connectivity index (χ4n) is 4.20. The van der Waals surface area contributed by atoms with Gasteiger partial charge in [-0.05, 0) is 61.6 Å². The van der Waals surface area contributed by atoms with Crippen molar-refractivity contribution in [2.45, 2.75) is 66.7 Å².